The number of amides is 1. The largest absolute Gasteiger partial charge is 0.352 e. The molecule has 0 spiro atoms. The molecule has 1 aromatic rings. The molecule has 0 saturated carbocycles. The van der Waals surface area contributed by atoms with Crippen LogP contribution in [0.5, 0.6) is 0 Å². The van der Waals surface area contributed by atoms with E-state index in [9.17, 15) is 4.79 Å². The van der Waals surface area contributed by atoms with Crippen molar-refractivity contribution >= 4 is 12.0 Å². The highest BCUT2D eigenvalue weighted by molar-refractivity contribution is 5.97. The van der Waals surface area contributed by atoms with E-state index >= 15 is 0 Å². The summed E-state index contributed by atoms with van der Waals surface area (Å²) in [7, 11) is 0. The second kappa shape index (κ2) is 6.85. The van der Waals surface area contributed by atoms with Crippen molar-refractivity contribution in [1.29, 1.82) is 0 Å². The van der Waals surface area contributed by atoms with Gasteiger partial charge in [-0.2, -0.15) is 10.2 Å². The van der Waals surface area contributed by atoms with Crippen LogP contribution in [-0.4, -0.2) is 18.1 Å². The lowest BCUT2D eigenvalue weighted by molar-refractivity contribution is -0.117. The first-order chi connectivity index (χ1) is 10.2. The summed E-state index contributed by atoms with van der Waals surface area (Å²) in [5, 5.41) is 11.0. The van der Waals surface area contributed by atoms with E-state index in [0.29, 0.717) is 25.0 Å². The fourth-order valence-electron chi connectivity index (χ4n) is 2.05. The van der Waals surface area contributed by atoms with Crippen LogP contribution in [0.2, 0.25) is 0 Å². The van der Waals surface area contributed by atoms with E-state index in [1.54, 1.807) is 0 Å². The number of nitrogens with one attached hydrogen (secondary N) is 1. The molecular weight excluding hydrogens is 262 g/mol. The molecule has 4 heteroatoms. The first kappa shape index (κ1) is 15.0. The highest BCUT2D eigenvalue weighted by Gasteiger charge is 2.38. The number of benzene rings is 1. The van der Waals surface area contributed by atoms with Gasteiger partial charge >= 0.3 is 0 Å². The fraction of sp³-hybridized carbons (Fsp3) is 0.353. The molecule has 1 aromatic carbocycles. The third kappa shape index (κ3) is 4.57. The SMILES string of the molecule is C#CCCC1(CCNC(=O)/C(C)=C/c2ccccc2)N=N1. The quantitative estimate of drug-likeness (QED) is 0.605. The van der Waals surface area contributed by atoms with Crippen molar-refractivity contribution in [2.75, 3.05) is 6.54 Å². The molecule has 1 heterocycles. The van der Waals surface area contributed by atoms with E-state index in [-0.39, 0.29) is 11.6 Å². The van der Waals surface area contributed by atoms with Gasteiger partial charge in [0.1, 0.15) is 0 Å². The van der Waals surface area contributed by atoms with E-state index < -0.39 is 0 Å². The molecule has 108 valence electrons. The maximum atomic E-state index is 12.0. The van der Waals surface area contributed by atoms with E-state index in [4.69, 9.17) is 6.42 Å². The molecule has 1 aliphatic rings. The van der Waals surface area contributed by atoms with Crippen LogP contribution in [-0.2, 0) is 4.79 Å². The van der Waals surface area contributed by atoms with E-state index in [0.717, 1.165) is 12.0 Å². The predicted molar refractivity (Wildman–Crippen MR) is 83.4 cm³/mol. The maximum absolute atomic E-state index is 12.0. The summed E-state index contributed by atoms with van der Waals surface area (Å²) in [6.45, 7) is 2.36. The van der Waals surface area contributed by atoms with E-state index in [1.165, 1.54) is 0 Å². The Labute approximate surface area is 125 Å². The van der Waals surface area contributed by atoms with Crippen LogP contribution in [0.4, 0.5) is 0 Å². The molecule has 0 unspecified atom stereocenters. The molecule has 0 aliphatic carbocycles. The Morgan fingerprint density at radius 2 is 2.05 bits per heavy atom. The zero-order valence-corrected chi connectivity index (χ0v) is 12.2. The normalized spacial score (nSPS) is 15.3. The third-order valence-electron chi connectivity index (χ3n) is 3.40. The van der Waals surface area contributed by atoms with Crippen molar-refractivity contribution in [3.8, 4) is 12.3 Å². The number of terminal acetylenes is 1. The second-order valence-corrected chi connectivity index (χ2v) is 5.13. The lowest BCUT2D eigenvalue weighted by Gasteiger charge is -2.10. The van der Waals surface area contributed by atoms with Crippen LogP contribution in [0.1, 0.15) is 31.7 Å². The molecule has 0 aromatic heterocycles. The van der Waals surface area contributed by atoms with Gasteiger partial charge in [0, 0.05) is 31.4 Å². The Kier molecular flexibility index (Phi) is 4.89. The molecule has 0 fully saturated rings. The molecule has 0 atom stereocenters. The molecule has 0 bridgehead atoms. The molecule has 1 amide bonds. The number of hydrogen-bond donors (Lipinski definition) is 1. The number of carbonyl (C=O) groups is 1. The number of carbonyl (C=O) groups excluding carboxylic acids is 1. The third-order valence-corrected chi connectivity index (χ3v) is 3.40. The summed E-state index contributed by atoms with van der Waals surface area (Å²) in [5.74, 6) is 2.53. The lowest BCUT2D eigenvalue weighted by atomic mass is 10.0. The average Bonchev–Trinajstić information content (AvgIpc) is 3.26. The van der Waals surface area contributed by atoms with Crippen molar-refractivity contribution in [3.05, 3.63) is 41.5 Å². The van der Waals surface area contributed by atoms with Crippen molar-refractivity contribution in [2.45, 2.75) is 31.8 Å². The van der Waals surface area contributed by atoms with E-state index in [2.05, 4.69) is 21.5 Å². The van der Waals surface area contributed by atoms with Crippen LogP contribution in [0.25, 0.3) is 6.08 Å². The van der Waals surface area contributed by atoms with Crippen molar-refractivity contribution < 1.29 is 4.79 Å². The van der Waals surface area contributed by atoms with Gasteiger partial charge in [-0.05, 0) is 18.6 Å². The summed E-state index contributed by atoms with van der Waals surface area (Å²) < 4.78 is 0. The maximum Gasteiger partial charge on any atom is 0.246 e. The highest BCUT2D eigenvalue weighted by Crippen LogP contribution is 2.35. The van der Waals surface area contributed by atoms with Crippen molar-refractivity contribution in [2.24, 2.45) is 10.2 Å². The topological polar surface area (TPSA) is 53.8 Å². The van der Waals surface area contributed by atoms with E-state index in [1.807, 2.05) is 43.3 Å². The fourth-order valence-corrected chi connectivity index (χ4v) is 2.05. The van der Waals surface area contributed by atoms with Gasteiger partial charge in [-0.1, -0.05) is 30.3 Å². The highest BCUT2D eigenvalue weighted by atomic mass is 16.1. The van der Waals surface area contributed by atoms with Crippen LogP contribution < -0.4 is 5.32 Å². The van der Waals surface area contributed by atoms with Crippen molar-refractivity contribution in [1.82, 2.24) is 5.32 Å². The molecule has 2 rings (SSSR count). The van der Waals surface area contributed by atoms with Crippen LogP contribution in [0, 0.1) is 12.3 Å². The van der Waals surface area contributed by atoms with Gasteiger partial charge in [0.25, 0.3) is 0 Å². The van der Waals surface area contributed by atoms with Gasteiger partial charge in [-0.25, -0.2) is 0 Å². The molecule has 1 aliphatic heterocycles. The minimum atomic E-state index is -0.337. The zero-order chi connectivity index (χ0) is 15.1. The van der Waals surface area contributed by atoms with Gasteiger partial charge in [-0.3, -0.25) is 4.79 Å². The Bertz CT molecular complexity index is 590. The summed E-state index contributed by atoms with van der Waals surface area (Å²) in [4.78, 5) is 12.0. The summed E-state index contributed by atoms with van der Waals surface area (Å²) >= 11 is 0. The number of hydrogen-bond acceptors (Lipinski definition) is 3. The Hall–Kier alpha value is -2.41. The Balaban J connectivity index is 1.77. The monoisotopic (exact) mass is 281 g/mol. The molecule has 0 saturated heterocycles. The first-order valence-electron chi connectivity index (χ1n) is 7.04. The zero-order valence-electron chi connectivity index (χ0n) is 12.2. The summed E-state index contributed by atoms with van der Waals surface area (Å²) in [6.07, 6.45) is 9.24. The standard InChI is InChI=1S/C17H19N3O/c1-3-4-10-17(19-20-17)11-12-18-16(21)14(2)13-15-8-6-5-7-9-15/h1,5-9,13H,4,10-12H2,2H3,(H,18,21)/b14-13+. The Morgan fingerprint density at radius 1 is 1.33 bits per heavy atom. The van der Waals surface area contributed by atoms with Gasteiger partial charge in [0.05, 0.1) is 0 Å². The molecule has 21 heavy (non-hydrogen) atoms. The van der Waals surface area contributed by atoms with Gasteiger partial charge < -0.3 is 5.32 Å². The lowest BCUT2D eigenvalue weighted by Crippen LogP contribution is -2.28. The Morgan fingerprint density at radius 3 is 2.67 bits per heavy atom. The minimum Gasteiger partial charge on any atom is -0.352 e. The van der Waals surface area contributed by atoms with Crippen LogP contribution in [0.15, 0.2) is 46.1 Å². The second-order valence-electron chi connectivity index (χ2n) is 5.13. The number of rotatable bonds is 7. The molecular formula is C17H19N3O. The minimum absolute atomic E-state index is 0.0633. The average molecular weight is 281 g/mol. The molecule has 4 nitrogen and oxygen atoms in total. The molecule has 0 radical (unpaired) electrons. The first-order valence-corrected chi connectivity index (χ1v) is 7.04. The smallest absolute Gasteiger partial charge is 0.246 e. The van der Waals surface area contributed by atoms with Crippen molar-refractivity contribution in [3.63, 3.8) is 0 Å². The summed E-state index contributed by atoms with van der Waals surface area (Å²) in [5.41, 5.74) is 1.36. The molecule has 1 N–H and O–H groups in total. The van der Waals surface area contributed by atoms with Crippen LogP contribution in [0.3, 0.4) is 0 Å². The van der Waals surface area contributed by atoms with Gasteiger partial charge in [-0.15, -0.1) is 12.3 Å². The van der Waals surface area contributed by atoms with Crippen LogP contribution >= 0.6 is 0 Å². The predicted octanol–water partition coefficient (Wildman–Crippen LogP) is 3.17. The summed E-state index contributed by atoms with van der Waals surface area (Å²) in [6, 6.07) is 9.77. The van der Waals surface area contributed by atoms with Gasteiger partial charge in [0.2, 0.25) is 5.91 Å². The van der Waals surface area contributed by atoms with Gasteiger partial charge in [0.15, 0.2) is 5.66 Å². The number of nitrogens with zero attached hydrogens (tertiary/aromatic N) is 2.